The first kappa shape index (κ1) is 20.7. The summed E-state index contributed by atoms with van der Waals surface area (Å²) in [7, 11) is 0. The van der Waals surface area contributed by atoms with Crippen molar-refractivity contribution < 1.29 is 31.8 Å². The Bertz CT molecular complexity index is 1090. The number of rotatable bonds is 6. The number of hydrogen-bond acceptors (Lipinski definition) is 4. The molecule has 0 spiro atoms. The van der Waals surface area contributed by atoms with E-state index in [1.165, 1.54) is 0 Å². The van der Waals surface area contributed by atoms with Crippen LogP contribution < -0.4 is 0 Å². The zero-order chi connectivity index (χ0) is 21.4. The molecule has 0 N–H and O–H groups in total. The van der Waals surface area contributed by atoms with Crippen LogP contribution in [-0.2, 0) is 31.8 Å². The van der Waals surface area contributed by atoms with Gasteiger partial charge in [0.1, 0.15) is 0 Å². The summed E-state index contributed by atoms with van der Waals surface area (Å²) in [6, 6.07) is 16.1. The molecular formula is C25H26O4Ti. The molecule has 2 aliphatic rings. The summed E-state index contributed by atoms with van der Waals surface area (Å²) in [4.78, 5) is 30.2. The summed E-state index contributed by atoms with van der Waals surface area (Å²) in [5.74, 6) is -0.777. The van der Waals surface area contributed by atoms with Crippen LogP contribution >= 0.6 is 0 Å². The van der Waals surface area contributed by atoms with Gasteiger partial charge in [-0.3, -0.25) is 0 Å². The third-order valence-electron chi connectivity index (χ3n) is 6.12. The second kappa shape index (κ2) is 7.61. The van der Waals surface area contributed by atoms with Gasteiger partial charge in [0.2, 0.25) is 0 Å². The summed E-state index contributed by atoms with van der Waals surface area (Å²) < 4.78 is 13.1. The first-order chi connectivity index (χ1) is 14.4. The van der Waals surface area contributed by atoms with E-state index in [1.807, 2.05) is 54.6 Å². The van der Waals surface area contributed by atoms with E-state index in [-0.39, 0.29) is 24.8 Å². The van der Waals surface area contributed by atoms with Crippen molar-refractivity contribution in [1.82, 2.24) is 0 Å². The Morgan fingerprint density at radius 2 is 1.43 bits per heavy atom. The summed E-state index contributed by atoms with van der Waals surface area (Å²) in [5, 5.41) is 0. The summed E-state index contributed by atoms with van der Waals surface area (Å²) >= 11 is -5.21. The van der Waals surface area contributed by atoms with Gasteiger partial charge in [0.15, 0.2) is 0 Å². The molecule has 0 saturated heterocycles. The Kier molecular flexibility index (Phi) is 5.25. The predicted molar refractivity (Wildman–Crippen MR) is 115 cm³/mol. The molecule has 2 aromatic carbocycles. The second-order valence-corrected chi connectivity index (χ2v) is 14.6. The van der Waals surface area contributed by atoms with E-state index >= 15 is 0 Å². The van der Waals surface area contributed by atoms with Gasteiger partial charge in [0.25, 0.3) is 0 Å². The fourth-order valence-electron chi connectivity index (χ4n) is 4.72. The van der Waals surface area contributed by atoms with Crippen LogP contribution in [0.15, 0.2) is 70.6 Å². The van der Waals surface area contributed by atoms with Crippen LogP contribution in [0.5, 0.6) is 0 Å². The second-order valence-electron chi connectivity index (χ2n) is 7.92. The van der Waals surface area contributed by atoms with Gasteiger partial charge in [-0.05, 0) is 0 Å². The van der Waals surface area contributed by atoms with E-state index in [1.54, 1.807) is 13.8 Å². The fourth-order valence-corrected chi connectivity index (χ4v) is 12.5. The molecule has 154 valence electrons. The Morgan fingerprint density at radius 3 is 1.87 bits per heavy atom. The summed E-state index contributed by atoms with van der Waals surface area (Å²) in [6.45, 7) is 3.50. The van der Waals surface area contributed by atoms with Crippen LogP contribution in [0.1, 0.15) is 48.5 Å². The normalized spacial score (nSPS) is 15.4. The first-order valence-corrected chi connectivity index (χ1v) is 14.5. The Labute approximate surface area is 178 Å². The molecule has 0 amide bonds. The van der Waals surface area contributed by atoms with Crippen LogP contribution in [0, 0.1) is 0 Å². The standard InChI is InChI=1S/C13H9.C5H5.2C3H6O2.CH2.Ti/c1-3-7-12-10(5-1)9-11-6-2-4-8-13(11)12;1-2-4-5-3-1;2*1-2-3(4)5;;/h1-9H;1-3H,4H2;2*2H2,1H3,(H,4,5);1H2;/q;;;;;+2/p-2. The van der Waals surface area contributed by atoms with Crippen LogP contribution in [0.3, 0.4) is 0 Å². The van der Waals surface area contributed by atoms with Crippen molar-refractivity contribution in [3.8, 4) is 11.1 Å². The minimum absolute atomic E-state index is 0.190. The number of carbonyl (C=O) groups excluding carboxylic acids is 2. The minimum atomic E-state index is -5.21. The fraction of sp³-hybridized carbons (Fsp3) is 0.240. The van der Waals surface area contributed by atoms with E-state index in [9.17, 15) is 9.59 Å². The number of fused-ring (bicyclic) bond motifs is 3. The third-order valence-corrected chi connectivity index (χ3v) is 13.7. The maximum atomic E-state index is 12.8. The van der Waals surface area contributed by atoms with Crippen LogP contribution in [0.2, 0.25) is 0 Å². The van der Waals surface area contributed by atoms with Crippen molar-refractivity contribution in [2.75, 3.05) is 0 Å². The summed E-state index contributed by atoms with van der Waals surface area (Å²) in [5.41, 5.74) is 4.16. The molecule has 0 unspecified atom stereocenters. The molecule has 4 rings (SSSR count). The van der Waals surface area contributed by atoms with Crippen LogP contribution in [0.25, 0.3) is 11.1 Å². The topological polar surface area (TPSA) is 52.6 Å². The monoisotopic (exact) mass is 438 g/mol. The van der Waals surface area contributed by atoms with Gasteiger partial charge in [-0.25, -0.2) is 0 Å². The third kappa shape index (κ3) is 3.06. The number of benzene rings is 2. The molecule has 0 fully saturated rings. The molecule has 0 bridgehead atoms. The van der Waals surface area contributed by atoms with E-state index in [2.05, 4.69) is 16.9 Å². The summed E-state index contributed by atoms with van der Waals surface area (Å²) in [6.07, 6.45) is 6.80. The molecule has 0 aromatic heterocycles. The first-order valence-electron chi connectivity index (χ1n) is 10.4. The predicted octanol–water partition coefficient (Wildman–Crippen LogP) is 5.46. The zero-order valence-electron chi connectivity index (χ0n) is 17.4. The molecule has 0 atom stereocenters. The van der Waals surface area contributed by atoms with E-state index in [0.717, 1.165) is 26.1 Å². The van der Waals surface area contributed by atoms with Gasteiger partial charge in [0, 0.05) is 0 Å². The number of carbonyl (C=O) groups is 2. The van der Waals surface area contributed by atoms with Crippen molar-refractivity contribution in [3.63, 3.8) is 0 Å². The molecule has 0 heterocycles. The van der Waals surface area contributed by atoms with Crippen molar-refractivity contribution in [2.45, 2.75) is 37.3 Å². The Hall–Kier alpha value is -2.56. The van der Waals surface area contributed by atoms with Crippen molar-refractivity contribution in [1.29, 1.82) is 0 Å². The zero-order valence-corrected chi connectivity index (χ0v) is 19.0. The Balaban J connectivity index is 2.07. The molecule has 0 aliphatic heterocycles. The van der Waals surface area contributed by atoms with Crippen molar-refractivity contribution >= 4 is 16.8 Å². The molecule has 5 heteroatoms. The average molecular weight is 438 g/mol. The van der Waals surface area contributed by atoms with Gasteiger partial charge >= 0.3 is 179 Å². The molecule has 2 aromatic rings. The number of allylic oxidation sites excluding steroid dienone is 4. The van der Waals surface area contributed by atoms with Crippen molar-refractivity contribution in [3.05, 3.63) is 81.8 Å². The molecule has 0 saturated carbocycles. The Morgan fingerprint density at radius 1 is 0.933 bits per heavy atom. The molecule has 30 heavy (non-hydrogen) atoms. The van der Waals surface area contributed by atoms with Crippen LogP contribution in [0.4, 0.5) is 0 Å². The molecule has 2 aliphatic carbocycles. The van der Waals surface area contributed by atoms with E-state index in [0.29, 0.717) is 6.42 Å². The quantitative estimate of drug-likeness (QED) is 0.563. The molecule has 4 nitrogen and oxygen atoms in total. The van der Waals surface area contributed by atoms with Crippen LogP contribution in [-0.4, -0.2) is 16.8 Å². The van der Waals surface area contributed by atoms with Gasteiger partial charge in [-0.2, -0.15) is 0 Å². The molecule has 0 radical (unpaired) electrons. The van der Waals surface area contributed by atoms with Crippen molar-refractivity contribution in [2.24, 2.45) is 0 Å². The SMILES string of the molecule is [CH2]=[Ti]([O]C(=O)CC)([O]C(=O)CC)([C]1=CC=CC1)[CH]1c2ccccc2-c2ccccc21. The van der Waals surface area contributed by atoms with E-state index < -0.39 is 19.8 Å². The van der Waals surface area contributed by atoms with Gasteiger partial charge in [-0.15, -0.1) is 0 Å². The average Bonchev–Trinajstić information content (AvgIpc) is 3.41. The molecular weight excluding hydrogens is 412 g/mol. The van der Waals surface area contributed by atoms with Gasteiger partial charge < -0.3 is 0 Å². The van der Waals surface area contributed by atoms with E-state index in [4.69, 9.17) is 6.64 Å². The van der Waals surface area contributed by atoms with Gasteiger partial charge in [0.05, 0.1) is 0 Å². The maximum absolute atomic E-state index is 12.8. The number of hydrogen-bond donors (Lipinski definition) is 0. The van der Waals surface area contributed by atoms with Gasteiger partial charge in [-0.1, -0.05) is 0 Å².